The molecule has 1 aliphatic heterocycles. The SMILES string of the molecule is CCNC1COCC1C(=O)c1ccc(C)nc1. The monoisotopic (exact) mass is 234 g/mol. The molecule has 2 heterocycles. The van der Waals surface area contributed by atoms with E-state index in [4.69, 9.17) is 4.74 Å². The van der Waals surface area contributed by atoms with E-state index in [0.29, 0.717) is 18.8 Å². The van der Waals surface area contributed by atoms with Crippen molar-refractivity contribution in [1.29, 1.82) is 0 Å². The van der Waals surface area contributed by atoms with E-state index in [1.165, 1.54) is 0 Å². The van der Waals surface area contributed by atoms with Crippen molar-refractivity contribution < 1.29 is 9.53 Å². The van der Waals surface area contributed by atoms with E-state index in [-0.39, 0.29) is 17.7 Å². The average molecular weight is 234 g/mol. The van der Waals surface area contributed by atoms with Gasteiger partial charge in [0.05, 0.1) is 19.1 Å². The van der Waals surface area contributed by atoms with Crippen LogP contribution < -0.4 is 5.32 Å². The number of ketones is 1. The van der Waals surface area contributed by atoms with Crippen molar-refractivity contribution in [2.75, 3.05) is 19.8 Å². The molecule has 1 fully saturated rings. The molecule has 1 aromatic heterocycles. The van der Waals surface area contributed by atoms with Gasteiger partial charge in [-0.1, -0.05) is 6.92 Å². The number of nitrogens with zero attached hydrogens (tertiary/aromatic N) is 1. The molecular formula is C13H18N2O2. The van der Waals surface area contributed by atoms with Gasteiger partial charge in [-0.2, -0.15) is 0 Å². The summed E-state index contributed by atoms with van der Waals surface area (Å²) in [4.78, 5) is 16.4. The van der Waals surface area contributed by atoms with E-state index in [2.05, 4.69) is 10.3 Å². The van der Waals surface area contributed by atoms with Crippen LogP contribution in [0.1, 0.15) is 23.0 Å². The molecule has 0 bridgehead atoms. The van der Waals surface area contributed by atoms with Gasteiger partial charge in [0, 0.05) is 23.5 Å². The molecule has 0 spiro atoms. The zero-order valence-electron chi connectivity index (χ0n) is 10.3. The van der Waals surface area contributed by atoms with Crippen LogP contribution in [0.3, 0.4) is 0 Å². The molecule has 1 aromatic rings. The lowest BCUT2D eigenvalue weighted by Gasteiger charge is -2.16. The summed E-state index contributed by atoms with van der Waals surface area (Å²) in [6.45, 7) is 5.92. The summed E-state index contributed by atoms with van der Waals surface area (Å²) in [5, 5.41) is 3.29. The average Bonchev–Trinajstić information content (AvgIpc) is 2.78. The molecule has 1 aliphatic rings. The summed E-state index contributed by atoms with van der Waals surface area (Å²) in [6, 6.07) is 3.84. The number of Topliss-reactive ketones (excluding diaryl/α,β-unsaturated/α-hetero) is 1. The standard InChI is InChI=1S/C13H18N2O2/c1-3-14-12-8-17-7-11(12)13(16)10-5-4-9(2)15-6-10/h4-6,11-12,14H,3,7-8H2,1-2H3. The van der Waals surface area contributed by atoms with Crippen molar-refractivity contribution in [3.63, 3.8) is 0 Å². The van der Waals surface area contributed by atoms with Crippen molar-refractivity contribution >= 4 is 5.78 Å². The minimum Gasteiger partial charge on any atom is -0.379 e. The summed E-state index contributed by atoms with van der Waals surface area (Å²) >= 11 is 0. The Bertz CT molecular complexity index is 389. The predicted molar refractivity (Wildman–Crippen MR) is 65.1 cm³/mol. The number of hydrogen-bond acceptors (Lipinski definition) is 4. The number of carbonyl (C=O) groups is 1. The Hall–Kier alpha value is -1.26. The van der Waals surface area contributed by atoms with E-state index in [1.807, 2.05) is 26.0 Å². The van der Waals surface area contributed by atoms with E-state index in [9.17, 15) is 4.79 Å². The molecule has 1 N–H and O–H groups in total. The van der Waals surface area contributed by atoms with Crippen molar-refractivity contribution in [3.05, 3.63) is 29.6 Å². The summed E-state index contributed by atoms with van der Waals surface area (Å²) in [5.41, 5.74) is 1.60. The molecule has 2 unspecified atom stereocenters. The second-order valence-corrected chi connectivity index (χ2v) is 4.36. The third-order valence-electron chi connectivity index (χ3n) is 3.08. The van der Waals surface area contributed by atoms with Crippen LogP contribution in [0.15, 0.2) is 18.3 Å². The summed E-state index contributed by atoms with van der Waals surface area (Å²) in [5.74, 6) is 0.0420. The van der Waals surface area contributed by atoms with Crippen LogP contribution in [0.4, 0.5) is 0 Å². The number of hydrogen-bond donors (Lipinski definition) is 1. The van der Waals surface area contributed by atoms with Crippen molar-refractivity contribution in [2.24, 2.45) is 5.92 Å². The maximum absolute atomic E-state index is 12.3. The van der Waals surface area contributed by atoms with Crippen LogP contribution in [0.5, 0.6) is 0 Å². The lowest BCUT2D eigenvalue weighted by atomic mass is 9.94. The third-order valence-corrected chi connectivity index (χ3v) is 3.08. The van der Waals surface area contributed by atoms with Gasteiger partial charge >= 0.3 is 0 Å². The molecule has 2 rings (SSSR count). The fourth-order valence-electron chi connectivity index (χ4n) is 2.10. The Kier molecular flexibility index (Phi) is 3.86. The highest BCUT2D eigenvalue weighted by Gasteiger charge is 2.33. The highest BCUT2D eigenvalue weighted by Crippen LogP contribution is 2.19. The second-order valence-electron chi connectivity index (χ2n) is 4.36. The predicted octanol–water partition coefficient (Wildman–Crippen LogP) is 1.20. The maximum Gasteiger partial charge on any atom is 0.171 e. The first-order valence-electron chi connectivity index (χ1n) is 6.00. The van der Waals surface area contributed by atoms with E-state index in [0.717, 1.165) is 12.2 Å². The first kappa shape index (κ1) is 12.2. The molecule has 0 aromatic carbocycles. The largest absolute Gasteiger partial charge is 0.379 e. The van der Waals surface area contributed by atoms with Gasteiger partial charge in [0.25, 0.3) is 0 Å². The summed E-state index contributed by atoms with van der Waals surface area (Å²) in [6.07, 6.45) is 1.65. The van der Waals surface area contributed by atoms with Crippen LogP contribution in [0.25, 0.3) is 0 Å². The third kappa shape index (κ3) is 2.70. The molecule has 1 saturated heterocycles. The zero-order valence-corrected chi connectivity index (χ0v) is 10.3. The minimum atomic E-state index is -0.0838. The van der Waals surface area contributed by atoms with Gasteiger partial charge in [-0.3, -0.25) is 9.78 Å². The van der Waals surface area contributed by atoms with E-state index >= 15 is 0 Å². The van der Waals surface area contributed by atoms with Crippen LogP contribution in [0.2, 0.25) is 0 Å². The van der Waals surface area contributed by atoms with Crippen molar-refractivity contribution in [1.82, 2.24) is 10.3 Å². The van der Waals surface area contributed by atoms with Crippen LogP contribution in [-0.4, -0.2) is 36.6 Å². The van der Waals surface area contributed by atoms with E-state index < -0.39 is 0 Å². The Morgan fingerprint density at radius 1 is 1.53 bits per heavy atom. The van der Waals surface area contributed by atoms with Crippen molar-refractivity contribution in [3.8, 4) is 0 Å². The normalized spacial score (nSPS) is 23.9. The van der Waals surface area contributed by atoms with Gasteiger partial charge in [-0.15, -0.1) is 0 Å². The number of carbonyl (C=O) groups excluding carboxylic acids is 1. The number of ether oxygens (including phenoxy) is 1. The van der Waals surface area contributed by atoms with Gasteiger partial charge in [0.2, 0.25) is 0 Å². The number of aromatic nitrogens is 1. The molecule has 2 atom stereocenters. The Balaban J connectivity index is 2.11. The molecular weight excluding hydrogens is 216 g/mol. The van der Waals surface area contributed by atoms with Crippen LogP contribution in [0, 0.1) is 12.8 Å². The number of nitrogens with one attached hydrogen (secondary N) is 1. The summed E-state index contributed by atoms with van der Waals surface area (Å²) < 4.78 is 5.38. The molecule has 4 nitrogen and oxygen atoms in total. The first-order chi connectivity index (χ1) is 8.22. The topological polar surface area (TPSA) is 51.2 Å². The van der Waals surface area contributed by atoms with Crippen molar-refractivity contribution in [2.45, 2.75) is 19.9 Å². The number of rotatable bonds is 4. The fourth-order valence-corrected chi connectivity index (χ4v) is 2.10. The fraction of sp³-hybridized carbons (Fsp3) is 0.538. The highest BCUT2D eigenvalue weighted by molar-refractivity contribution is 5.98. The lowest BCUT2D eigenvalue weighted by Crippen LogP contribution is -2.39. The van der Waals surface area contributed by atoms with Crippen LogP contribution >= 0.6 is 0 Å². The smallest absolute Gasteiger partial charge is 0.171 e. The summed E-state index contributed by atoms with van der Waals surface area (Å²) in [7, 11) is 0. The van der Waals surface area contributed by atoms with Gasteiger partial charge in [0.1, 0.15) is 0 Å². The highest BCUT2D eigenvalue weighted by atomic mass is 16.5. The molecule has 0 aliphatic carbocycles. The quantitative estimate of drug-likeness (QED) is 0.795. The minimum absolute atomic E-state index is 0.0838. The molecule has 4 heteroatoms. The first-order valence-corrected chi connectivity index (χ1v) is 6.00. The van der Waals surface area contributed by atoms with Gasteiger partial charge in [0.15, 0.2) is 5.78 Å². The zero-order chi connectivity index (χ0) is 12.3. The number of likely N-dealkylation sites (N-methyl/N-ethyl adjacent to an activating group) is 1. The van der Waals surface area contributed by atoms with E-state index in [1.54, 1.807) is 6.20 Å². The Morgan fingerprint density at radius 2 is 2.35 bits per heavy atom. The number of aryl methyl sites for hydroxylation is 1. The van der Waals surface area contributed by atoms with Gasteiger partial charge in [-0.05, 0) is 25.6 Å². The molecule has 0 radical (unpaired) electrons. The molecule has 0 saturated carbocycles. The Morgan fingerprint density at radius 3 is 3.00 bits per heavy atom. The molecule has 17 heavy (non-hydrogen) atoms. The second kappa shape index (κ2) is 5.38. The number of pyridine rings is 1. The molecule has 92 valence electrons. The lowest BCUT2D eigenvalue weighted by molar-refractivity contribution is 0.0891. The van der Waals surface area contributed by atoms with Gasteiger partial charge in [-0.25, -0.2) is 0 Å². The Labute approximate surface area is 101 Å². The maximum atomic E-state index is 12.3. The van der Waals surface area contributed by atoms with Gasteiger partial charge < -0.3 is 10.1 Å². The van der Waals surface area contributed by atoms with Crippen LogP contribution in [-0.2, 0) is 4.74 Å². The molecule has 0 amide bonds.